The maximum atomic E-state index is 13.8. The summed E-state index contributed by atoms with van der Waals surface area (Å²) in [7, 11) is 0. The zero-order valence-corrected chi connectivity index (χ0v) is 16.7. The molecule has 1 atom stereocenters. The minimum Gasteiger partial charge on any atom is -0.324 e. The number of hydrogen-bond acceptors (Lipinski definition) is 4. The van der Waals surface area contributed by atoms with Gasteiger partial charge in [-0.15, -0.1) is 0 Å². The number of nitrogens with one attached hydrogen (secondary N) is 2. The van der Waals surface area contributed by atoms with E-state index in [-0.39, 0.29) is 29.3 Å². The van der Waals surface area contributed by atoms with Crippen LogP contribution in [-0.2, 0) is 9.59 Å². The molecule has 0 aliphatic carbocycles. The molecule has 0 radical (unpaired) electrons. The molecule has 0 bridgehead atoms. The molecule has 2 aromatic carbocycles. The second-order valence-corrected chi connectivity index (χ2v) is 6.80. The lowest BCUT2D eigenvalue weighted by Crippen LogP contribution is -2.49. The van der Waals surface area contributed by atoms with Crippen molar-refractivity contribution in [2.24, 2.45) is 0 Å². The van der Waals surface area contributed by atoms with Crippen molar-refractivity contribution in [1.82, 2.24) is 15.3 Å². The van der Waals surface area contributed by atoms with Crippen LogP contribution >= 0.6 is 12.2 Å². The number of thiocarbonyl (C=S) groups is 1. The van der Waals surface area contributed by atoms with E-state index in [1.807, 2.05) is 0 Å². The van der Waals surface area contributed by atoms with E-state index < -0.39 is 35.4 Å². The van der Waals surface area contributed by atoms with Gasteiger partial charge >= 0.3 is 0 Å². The number of nitrogens with zero attached hydrogens (tertiary/aromatic N) is 2. The Balaban J connectivity index is 1.78. The van der Waals surface area contributed by atoms with Crippen LogP contribution in [0.5, 0.6) is 0 Å². The Morgan fingerprint density at radius 1 is 1.13 bits per heavy atom. The van der Waals surface area contributed by atoms with E-state index in [1.54, 1.807) is 13.0 Å². The molecule has 3 rings (SSSR count). The van der Waals surface area contributed by atoms with Crippen molar-refractivity contribution < 1.29 is 23.2 Å². The fourth-order valence-electron chi connectivity index (χ4n) is 2.99. The molecule has 7 nitrogen and oxygen atoms in total. The highest BCUT2D eigenvalue weighted by molar-refractivity contribution is 7.80. The maximum Gasteiger partial charge on any atom is 0.269 e. The first-order chi connectivity index (χ1) is 14.3. The lowest BCUT2D eigenvalue weighted by Gasteiger charge is -2.24. The van der Waals surface area contributed by atoms with Gasteiger partial charge in [0.25, 0.3) is 11.8 Å². The maximum absolute atomic E-state index is 13.8. The lowest BCUT2D eigenvalue weighted by molar-refractivity contribution is -0.130. The zero-order chi connectivity index (χ0) is 21.8. The van der Waals surface area contributed by atoms with Crippen LogP contribution in [0.25, 0.3) is 0 Å². The highest BCUT2D eigenvalue weighted by Crippen LogP contribution is 2.21. The van der Waals surface area contributed by atoms with Gasteiger partial charge in [0.1, 0.15) is 17.7 Å². The van der Waals surface area contributed by atoms with E-state index in [9.17, 15) is 23.2 Å². The van der Waals surface area contributed by atoms with Crippen molar-refractivity contribution in [3.05, 3.63) is 65.7 Å². The largest absolute Gasteiger partial charge is 0.324 e. The Morgan fingerprint density at radius 2 is 1.87 bits per heavy atom. The number of anilines is 1. The van der Waals surface area contributed by atoms with E-state index in [1.165, 1.54) is 41.3 Å². The van der Waals surface area contributed by atoms with Gasteiger partial charge in [-0.25, -0.2) is 13.8 Å². The van der Waals surface area contributed by atoms with E-state index in [2.05, 4.69) is 10.7 Å². The molecule has 1 aliphatic rings. The average molecular weight is 432 g/mol. The van der Waals surface area contributed by atoms with Crippen molar-refractivity contribution in [1.29, 1.82) is 0 Å². The van der Waals surface area contributed by atoms with E-state index >= 15 is 0 Å². The van der Waals surface area contributed by atoms with Gasteiger partial charge in [0, 0.05) is 12.1 Å². The third kappa shape index (κ3) is 4.43. The minimum atomic E-state index is -1.12. The molecule has 1 heterocycles. The quantitative estimate of drug-likeness (QED) is 0.686. The SMILES string of the molecule is CCN1C(=O)[C@@H](CC(=O)Nc2ccccc2F)N(NC(=O)c2cccc(F)c2)C1=S. The van der Waals surface area contributed by atoms with Crippen LogP contribution in [0.15, 0.2) is 48.5 Å². The van der Waals surface area contributed by atoms with Gasteiger partial charge in [-0.05, 0) is 49.5 Å². The number of amides is 3. The van der Waals surface area contributed by atoms with Crippen LogP contribution in [0.4, 0.5) is 14.5 Å². The molecule has 10 heteroatoms. The number of hydrazine groups is 1. The predicted octanol–water partition coefficient (Wildman–Crippen LogP) is 2.46. The summed E-state index contributed by atoms with van der Waals surface area (Å²) < 4.78 is 27.2. The second kappa shape index (κ2) is 8.95. The summed E-state index contributed by atoms with van der Waals surface area (Å²) in [5.41, 5.74) is 2.46. The average Bonchev–Trinajstić information content (AvgIpc) is 2.93. The van der Waals surface area contributed by atoms with Gasteiger partial charge < -0.3 is 5.32 Å². The Hall–Kier alpha value is -3.40. The van der Waals surface area contributed by atoms with Gasteiger partial charge in [-0.3, -0.25) is 24.7 Å². The first kappa shape index (κ1) is 21.3. The number of carbonyl (C=O) groups is 3. The molecule has 0 spiro atoms. The Morgan fingerprint density at radius 3 is 2.53 bits per heavy atom. The van der Waals surface area contributed by atoms with Crippen molar-refractivity contribution in [3.8, 4) is 0 Å². The summed E-state index contributed by atoms with van der Waals surface area (Å²) in [5.74, 6) is -3.03. The molecule has 3 amide bonds. The number of rotatable bonds is 6. The van der Waals surface area contributed by atoms with Gasteiger partial charge in [-0.1, -0.05) is 18.2 Å². The first-order valence-electron chi connectivity index (χ1n) is 9.07. The van der Waals surface area contributed by atoms with Crippen molar-refractivity contribution >= 4 is 40.7 Å². The van der Waals surface area contributed by atoms with E-state index in [0.29, 0.717) is 0 Å². The van der Waals surface area contributed by atoms with Crippen LogP contribution in [0.1, 0.15) is 23.7 Å². The third-order valence-electron chi connectivity index (χ3n) is 4.45. The van der Waals surface area contributed by atoms with Crippen LogP contribution in [0.2, 0.25) is 0 Å². The van der Waals surface area contributed by atoms with Crippen LogP contribution in [0.3, 0.4) is 0 Å². The summed E-state index contributed by atoms with van der Waals surface area (Å²) in [5, 5.41) is 3.52. The standard InChI is InChI=1S/C20H18F2N4O3S/c1-2-25-19(29)16(11-17(27)23-15-9-4-3-8-14(15)22)26(20(25)30)24-18(28)12-6-5-7-13(21)10-12/h3-10,16H,2,11H2,1H3,(H,23,27)(H,24,28)/t16-/m1/s1. The monoisotopic (exact) mass is 432 g/mol. The summed E-state index contributed by atoms with van der Waals surface area (Å²) in [6.07, 6.45) is -0.382. The number of para-hydroxylation sites is 1. The molecule has 156 valence electrons. The molecule has 30 heavy (non-hydrogen) atoms. The fourth-order valence-corrected chi connectivity index (χ4v) is 3.38. The molecule has 2 N–H and O–H groups in total. The normalized spacial score (nSPS) is 16.0. The van der Waals surface area contributed by atoms with Gasteiger partial charge in [0.15, 0.2) is 5.11 Å². The summed E-state index contributed by atoms with van der Waals surface area (Å²) in [4.78, 5) is 38.9. The molecule has 0 unspecified atom stereocenters. The lowest BCUT2D eigenvalue weighted by atomic mass is 10.1. The van der Waals surface area contributed by atoms with Crippen LogP contribution < -0.4 is 10.7 Å². The molecule has 0 aromatic heterocycles. The predicted molar refractivity (Wildman–Crippen MR) is 109 cm³/mol. The number of hydrogen-bond donors (Lipinski definition) is 2. The Labute approximate surface area is 176 Å². The minimum absolute atomic E-state index is 0.0101. The number of carbonyl (C=O) groups excluding carboxylic acids is 3. The Bertz CT molecular complexity index is 1020. The Kier molecular flexibility index (Phi) is 6.36. The molecule has 0 saturated carbocycles. The fraction of sp³-hybridized carbons (Fsp3) is 0.200. The van der Waals surface area contributed by atoms with Gasteiger partial charge in [0.05, 0.1) is 12.1 Å². The first-order valence-corrected chi connectivity index (χ1v) is 9.48. The van der Waals surface area contributed by atoms with E-state index in [4.69, 9.17) is 12.2 Å². The second-order valence-electron chi connectivity index (χ2n) is 6.43. The van der Waals surface area contributed by atoms with Crippen LogP contribution in [0, 0.1) is 11.6 Å². The molecule has 2 aromatic rings. The summed E-state index contributed by atoms with van der Waals surface area (Å²) >= 11 is 5.26. The highest BCUT2D eigenvalue weighted by Gasteiger charge is 2.44. The molecule has 1 saturated heterocycles. The van der Waals surface area contributed by atoms with E-state index in [0.717, 1.165) is 11.1 Å². The summed E-state index contributed by atoms with van der Waals surface area (Å²) in [6, 6.07) is 9.48. The number of benzene rings is 2. The molecular formula is C20H18F2N4O3S. The third-order valence-corrected chi connectivity index (χ3v) is 4.87. The van der Waals surface area contributed by atoms with Gasteiger partial charge in [-0.2, -0.15) is 0 Å². The smallest absolute Gasteiger partial charge is 0.269 e. The van der Waals surface area contributed by atoms with Crippen LogP contribution in [-0.4, -0.2) is 45.3 Å². The number of likely N-dealkylation sites (N-methyl/N-ethyl adjacent to an activating group) is 1. The zero-order valence-electron chi connectivity index (χ0n) is 15.9. The molecule has 1 aliphatic heterocycles. The summed E-state index contributed by atoms with van der Waals surface area (Å²) in [6.45, 7) is 1.92. The topological polar surface area (TPSA) is 81.8 Å². The molecular weight excluding hydrogens is 414 g/mol. The van der Waals surface area contributed by atoms with Gasteiger partial charge in [0.2, 0.25) is 5.91 Å². The van der Waals surface area contributed by atoms with Crippen molar-refractivity contribution in [2.75, 3.05) is 11.9 Å². The van der Waals surface area contributed by atoms with Crippen molar-refractivity contribution in [2.45, 2.75) is 19.4 Å². The van der Waals surface area contributed by atoms with Crippen molar-refractivity contribution in [3.63, 3.8) is 0 Å². The number of halogens is 2. The molecule has 1 fully saturated rings. The highest BCUT2D eigenvalue weighted by atomic mass is 32.1.